The van der Waals surface area contributed by atoms with Crippen LogP contribution in [0.2, 0.25) is 0 Å². The molecule has 0 bridgehead atoms. The molecule has 1 saturated heterocycles. The third-order valence-corrected chi connectivity index (χ3v) is 3.50. The Morgan fingerprint density at radius 3 is 3.14 bits per heavy atom. The largest absolute Gasteiger partial charge is 0.383 e. The summed E-state index contributed by atoms with van der Waals surface area (Å²) in [5.41, 5.74) is 5.67. The molecule has 6 heteroatoms. The molecule has 76 valence electrons. The summed E-state index contributed by atoms with van der Waals surface area (Å²) in [5, 5.41) is 0. The van der Waals surface area contributed by atoms with Crippen LogP contribution < -0.4 is 5.73 Å². The summed E-state index contributed by atoms with van der Waals surface area (Å²) in [6.07, 6.45) is 1.66. The van der Waals surface area contributed by atoms with Gasteiger partial charge < -0.3 is 10.5 Å². The van der Waals surface area contributed by atoms with E-state index in [-0.39, 0.29) is 6.10 Å². The van der Waals surface area contributed by atoms with Gasteiger partial charge in [-0.1, -0.05) is 0 Å². The second kappa shape index (κ2) is 4.46. The van der Waals surface area contributed by atoms with E-state index in [0.29, 0.717) is 11.6 Å². The van der Waals surface area contributed by atoms with Crippen LogP contribution in [-0.2, 0) is 4.74 Å². The van der Waals surface area contributed by atoms with E-state index < -0.39 is 0 Å². The molecular weight excluding hydrogens is 266 g/mol. The molecule has 0 spiro atoms. The molecule has 14 heavy (non-hydrogen) atoms. The molecule has 1 fully saturated rings. The fourth-order valence-corrected chi connectivity index (χ4v) is 2.22. The standard InChI is InChI=1S/C8H10BrN3OS/c9-5-3-11-8(12-7(5)10)6-4-14-2-1-13-6/h3,6H,1-2,4H2,(H2,10,11,12). The number of anilines is 1. The maximum atomic E-state index is 5.67. The van der Waals surface area contributed by atoms with Crippen LogP contribution >= 0.6 is 27.7 Å². The Hall–Kier alpha value is -0.330. The maximum absolute atomic E-state index is 5.67. The molecule has 0 amide bonds. The smallest absolute Gasteiger partial charge is 0.160 e. The molecule has 1 aromatic rings. The van der Waals surface area contributed by atoms with Gasteiger partial charge in [-0.2, -0.15) is 11.8 Å². The van der Waals surface area contributed by atoms with Crippen LogP contribution in [0.15, 0.2) is 10.7 Å². The van der Waals surface area contributed by atoms with Crippen molar-refractivity contribution in [3.05, 3.63) is 16.5 Å². The normalized spacial score (nSPS) is 22.2. The molecule has 4 nitrogen and oxygen atoms in total. The zero-order chi connectivity index (χ0) is 9.97. The summed E-state index contributed by atoms with van der Waals surface area (Å²) < 4.78 is 6.27. The van der Waals surface area contributed by atoms with Crippen molar-refractivity contribution in [1.82, 2.24) is 9.97 Å². The number of nitrogens with zero attached hydrogens (tertiary/aromatic N) is 2. The number of nitrogens with two attached hydrogens (primary N) is 1. The first kappa shape index (κ1) is 10.2. The fourth-order valence-electron chi connectivity index (χ4n) is 1.19. The summed E-state index contributed by atoms with van der Waals surface area (Å²) in [6, 6.07) is 0. The highest BCUT2D eigenvalue weighted by Gasteiger charge is 2.19. The van der Waals surface area contributed by atoms with Gasteiger partial charge in [0.25, 0.3) is 0 Å². The Labute approximate surface area is 94.8 Å². The van der Waals surface area contributed by atoms with Crippen molar-refractivity contribution in [1.29, 1.82) is 0 Å². The van der Waals surface area contributed by atoms with E-state index in [2.05, 4.69) is 25.9 Å². The molecule has 2 rings (SSSR count). The van der Waals surface area contributed by atoms with Gasteiger partial charge in [-0.25, -0.2) is 9.97 Å². The second-order valence-electron chi connectivity index (χ2n) is 2.90. The Bertz CT molecular complexity index is 330. The number of hydrogen-bond donors (Lipinski definition) is 1. The minimum atomic E-state index is -0.0100. The summed E-state index contributed by atoms with van der Waals surface area (Å²) in [5.74, 6) is 3.09. The first-order chi connectivity index (χ1) is 6.77. The number of aromatic nitrogens is 2. The SMILES string of the molecule is Nc1nc(C2CSCCO2)ncc1Br. The van der Waals surface area contributed by atoms with Gasteiger partial charge in [0.15, 0.2) is 5.82 Å². The molecule has 0 aliphatic carbocycles. The van der Waals surface area contributed by atoms with E-state index in [4.69, 9.17) is 10.5 Å². The molecule has 0 radical (unpaired) electrons. The number of hydrogen-bond acceptors (Lipinski definition) is 5. The Morgan fingerprint density at radius 2 is 2.50 bits per heavy atom. The van der Waals surface area contributed by atoms with Crippen LogP contribution in [0.1, 0.15) is 11.9 Å². The molecule has 2 heterocycles. The average Bonchev–Trinajstić information content (AvgIpc) is 2.23. The van der Waals surface area contributed by atoms with Crippen LogP contribution in [0.4, 0.5) is 5.82 Å². The lowest BCUT2D eigenvalue weighted by atomic mass is 10.3. The highest BCUT2D eigenvalue weighted by Crippen LogP contribution is 2.25. The van der Waals surface area contributed by atoms with E-state index in [1.165, 1.54) is 0 Å². The van der Waals surface area contributed by atoms with E-state index >= 15 is 0 Å². The van der Waals surface area contributed by atoms with Crippen LogP contribution in [0.5, 0.6) is 0 Å². The molecule has 1 aliphatic heterocycles. The molecular formula is C8H10BrN3OS. The Balaban J connectivity index is 2.18. The van der Waals surface area contributed by atoms with Crippen LogP contribution in [0, 0.1) is 0 Å². The number of halogens is 1. The monoisotopic (exact) mass is 275 g/mol. The van der Waals surface area contributed by atoms with Gasteiger partial charge in [0.05, 0.1) is 11.1 Å². The second-order valence-corrected chi connectivity index (χ2v) is 4.90. The van der Waals surface area contributed by atoms with E-state index in [0.717, 1.165) is 22.6 Å². The van der Waals surface area contributed by atoms with Gasteiger partial charge in [0.1, 0.15) is 11.9 Å². The number of nitrogen functional groups attached to an aromatic ring is 1. The van der Waals surface area contributed by atoms with Gasteiger partial charge in [0.2, 0.25) is 0 Å². The van der Waals surface area contributed by atoms with Gasteiger partial charge in [-0.15, -0.1) is 0 Å². The molecule has 1 aromatic heterocycles. The third-order valence-electron chi connectivity index (χ3n) is 1.89. The molecule has 1 unspecified atom stereocenters. The number of ether oxygens (including phenoxy) is 1. The van der Waals surface area contributed by atoms with Crippen molar-refractivity contribution in [2.45, 2.75) is 6.10 Å². The van der Waals surface area contributed by atoms with Crippen molar-refractivity contribution in [3.63, 3.8) is 0 Å². The van der Waals surface area contributed by atoms with Crippen molar-refractivity contribution in [2.24, 2.45) is 0 Å². The lowest BCUT2D eigenvalue weighted by molar-refractivity contribution is 0.0695. The van der Waals surface area contributed by atoms with Crippen molar-refractivity contribution >= 4 is 33.5 Å². The first-order valence-corrected chi connectivity index (χ1v) is 6.19. The summed E-state index contributed by atoms with van der Waals surface area (Å²) >= 11 is 5.11. The molecule has 1 atom stereocenters. The van der Waals surface area contributed by atoms with E-state index in [1.54, 1.807) is 6.20 Å². The predicted octanol–water partition coefficient (Wildman–Crippen LogP) is 1.63. The Morgan fingerprint density at radius 1 is 1.64 bits per heavy atom. The molecule has 2 N–H and O–H groups in total. The fraction of sp³-hybridized carbons (Fsp3) is 0.500. The van der Waals surface area contributed by atoms with Gasteiger partial charge >= 0.3 is 0 Å². The average molecular weight is 276 g/mol. The highest BCUT2D eigenvalue weighted by molar-refractivity contribution is 9.10. The van der Waals surface area contributed by atoms with E-state index in [9.17, 15) is 0 Å². The van der Waals surface area contributed by atoms with Crippen LogP contribution in [0.3, 0.4) is 0 Å². The summed E-state index contributed by atoms with van der Waals surface area (Å²) in [4.78, 5) is 8.36. The highest BCUT2D eigenvalue weighted by atomic mass is 79.9. The molecule has 0 saturated carbocycles. The van der Waals surface area contributed by atoms with E-state index in [1.807, 2.05) is 11.8 Å². The van der Waals surface area contributed by atoms with Crippen molar-refractivity contribution < 1.29 is 4.74 Å². The quantitative estimate of drug-likeness (QED) is 0.844. The van der Waals surface area contributed by atoms with Crippen molar-refractivity contribution in [2.75, 3.05) is 23.8 Å². The van der Waals surface area contributed by atoms with Crippen LogP contribution in [-0.4, -0.2) is 28.1 Å². The van der Waals surface area contributed by atoms with Gasteiger partial charge in [0, 0.05) is 17.7 Å². The summed E-state index contributed by atoms with van der Waals surface area (Å²) in [6.45, 7) is 0.759. The maximum Gasteiger partial charge on any atom is 0.160 e. The Kier molecular flexibility index (Phi) is 3.25. The zero-order valence-electron chi connectivity index (χ0n) is 7.44. The van der Waals surface area contributed by atoms with Gasteiger partial charge in [-0.05, 0) is 15.9 Å². The number of thioether (sulfide) groups is 1. The third kappa shape index (κ3) is 2.18. The number of rotatable bonds is 1. The minimum Gasteiger partial charge on any atom is -0.383 e. The molecule has 1 aliphatic rings. The first-order valence-electron chi connectivity index (χ1n) is 4.24. The topological polar surface area (TPSA) is 61.0 Å². The van der Waals surface area contributed by atoms with Gasteiger partial charge in [-0.3, -0.25) is 0 Å². The lowest BCUT2D eigenvalue weighted by Crippen LogP contribution is -2.18. The predicted molar refractivity (Wildman–Crippen MR) is 60.2 cm³/mol. The lowest BCUT2D eigenvalue weighted by Gasteiger charge is -2.20. The minimum absolute atomic E-state index is 0.0100. The zero-order valence-corrected chi connectivity index (χ0v) is 9.84. The van der Waals surface area contributed by atoms with Crippen LogP contribution in [0.25, 0.3) is 0 Å². The summed E-state index contributed by atoms with van der Waals surface area (Å²) in [7, 11) is 0. The molecule has 0 aromatic carbocycles. The van der Waals surface area contributed by atoms with Crippen molar-refractivity contribution in [3.8, 4) is 0 Å².